The SMILES string of the molecule is CCOC(=O)c1nc2cccc(C)n2c1N=Nc1ccc(OCC)cc1. The first-order chi connectivity index (χ1) is 12.6. The molecule has 0 N–H and O–H groups in total. The normalized spacial score (nSPS) is 11.2. The van der Waals surface area contributed by atoms with E-state index in [-0.39, 0.29) is 12.3 Å². The van der Waals surface area contributed by atoms with Gasteiger partial charge in [0.25, 0.3) is 0 Å². The van der Waals surface area contributed by atoms with Crippen molar-refractivity contribution < 1.29 is 14.3 Å². The third kappa shape index (κ3) is 3.56. The molecule has 134 valence electrons. The minimum atomic E-state index is -0.517. The number of hydrogen-bond acceptors (Lipinski definition) is 6. The Morgan fingerprint density at radius 2 is 1.85 bits per heavy atom. The van der Waals surface area contributed by atoms with Gasteiger partial charge in [0.05, 0.1) is 18.9 Å². The van der Waals surface area contributed by atoms with Crippen LogP contribution in [-0.4, -0.2) is 28.6 Å². The Hall–Kier alpha value is -3.22. The molecule has 26 heavy (non-hydrogen) atoms. The van der Waals surface area contributed by atoms with Crippen molar-refractivity contribution in [3.05, 3.63) is 53.9 Å². The van der Waals surface area contributed by atoms with E-state index in [9.17, 15) is 4.79 Å². The Morgan fingerprint density at radius 3 is 2.54 bits per heavy atom. The fourth-order valence-corrected chi connectivity index (χ4v) is 2.55. The summed E-state index contributed by atoms with van der Waals surface area (Å²) in [7, 11) is 0. The highest BCUT2D eigenvalue weighted by Gasteiger charge is 2.21. The first kappa shape index (κ1) is 17.6. The van der Waals surface area contributed by atoms with Gasteiger partial charge in [0.15, 0.2) is 11.5 Å². The number of aromatic nitrogens is 2. The molecule has 1 aromatic carbocycles. The Morgan fingerprint density at radius 1 is 1.08 bits per heavy atom. The minimum absolute atomic E-state index is 0.149. The molecule has 0 amide bonds. The van der Waals surface area contributed by atoms with Crippen molar-refractivity contribution in [3.8, 4) is 5.75 Å². The number of esters is 1. The van der Waals surface area contributed by atoms with Crippen molar-refractivity contribution in [3.63, 3.8) is 0 Å². The van der Waals surface area contributed by atoms with Crippen LogP contribution in [0.4, 0.5) is 11.5 Å². The molecule has 0 aliphatic rings. The molecule has 0 bridgehead atoms. The van der Waals surface area contributed by atoms with Gasteiger partial charge in [0, 0.05) is 5.69 Å². The molecule has 3 aromatic rings. The second-order valence-electron chi connectivity index (χ2n) is 5.49. The highest BCUT2D eigenvalue weighted by molar-refractivity contribution is 5.93. The lowest BCUT2D eigenvalue weighted by molar-refractivity contribution is 0.0521. The number of pyridine rings is 1. The number of ether oxygens (including phenoxy) is 2. The zero-order valence-corrected chi connectivity index (χ0v) is 15.0. The van der Waals surface area contributed by atoms with Gasteiger partial charge >= 0.3 is 5.97 Å². The molecule has 0 fully saturated rings. The van der Waals surface area contributed by atoms with E-state index in [1.54, 1.807) is 23.5 Å². The Balaban J connectivity index is 2.02. The Kier molecular flexibility index (Phi) is 5.26. The molecule has 0 saturated carbocycles. The second-order valence-corrected chi connectivity index (χ2v) is 5.49. The molecule has 0 unspecified atom stereocenters. The smallest absolute Gasteiger partial charge is 0.360 e. The van der Waals surface area contributed by atoms with Crippen LogP contribution in [0, 0.1) is 6.92 Å². The largest absolute Gasteiger partial charge is 0.494 e. The summed E-state index contributed by atoms with van der Waals surface area (Å²) >= 11 is 0. The van der Waals surface area contributed by atoms with E-state index in [0.29, 0.717) is 23.8 Å². The summed E-state index contributed by atoms with van der Waals surface area (Å²) in [5.41, 5.74) is 2.31. The Labute approximate surface area is 151 Å². The van der Waals surface area contributed by atoms with Crippen LogP contribution in [0.5, 0.6) is 5.75 Å². The molecule has 7 nitrogen and oxygen atoms in total. The number of azo groups is 1. The monoisotopic (exact) mass is 352 g/mol. The maximum absolute atomic E-state index is 12.3. The van der Waals surface area contributed by atoms with Gasteiger partial charge in [-0.15, -0.1) is 10.2 Å². The predicted molar refractivity (Wildman–Crippen MR) is 97.7 cm³/mol. The molecule has 3 rings (SSSR count). The van der Waals surface area contributed by atoms with Crippen molar-refractivity contribution in [2.45, 2.75) is 20.8 Å². The summed E-state index contributed by atoms with van der Waals surface area (Å²) < 4.78 is 12.3. The first-order valence-corrected chi connectivity index (χ1v) is 8.43. The van der Waals surface area contributed by atoms with Gasteiger partial charge in [-0.2, -0.15) is 0 Å². The summed E-state index contributed by atoms with van der Waals surface area (Å²) in [5.74, 6) is 0.603. The van der Waals surface area contributed by atoms with Crippen LogP contribution in [-0.2, 0) is 4.74 Å². The van der Waals surface area contributed by atoms with Crippen LogP contribution in [0.15, 0.2) is 52.7 Å². The Bertz CT molecular complexity index is 945. The number of carbonyl (C=O) groups excluding carboxylic acids is 1. The summed E-state index contributed by atoms with van der Waals surface area (Å²) in [6, 6.07) is 12.8. The first-order valence-electron chi connectivity index (χ1n) is 8.43. The fraction of sp³-hybridized carbons (Fsp3) is 0.263. The van der Waals surface area contributed by atoms with E-state index in [0.717, 1.165) is 11.4 Å². The molecule has 7 heteroatoms. The number of carbonyl (C=O) groups is 1. The van der Waals surface area contributed by atoms with Crippen LogP contribution < -0.4 is 4.74 Å². The van der Waals surface area contributed by atoms with Crippen molar-refractivity contribution in [1.82, 2.24) is 9.38 Å². The third-order valence-electron chi connectivity index (χ3n) is 3.69. The lowest BCUT2D eigenvalue weighted by Gasteiger charge is -2.03. The zero-order chi connectivity index (χ0) is 18.5. The van der Waals surface area contributed by atoms with Crippen LogP contribution in [0.25, 0.3) is 5.65 Å². The molecule has 2 aromatic heterocycles. The van der Waals surface area contributed by atoms with E-state index >= 15 is 0 Å². The topological polar surface area (TPSA) is 77.5 Å². The summed E-state index contributed by atoms with van der Waals surface area (Å²) in [6.07, 6.45) is 0. The summed E-state index contributed by atoms with van der Waals surface area (Å²) in [5, 5.41) is 8.53. The maximum Gasteiger partial charge on any atom is 0.360 e. The van der Waals surface area contributed by atoms with Gasteiger partial charge in [-0.1, -0.05) is 6.07 Å². The third-order valence-corrected chi connectivity index (χ3v) is 3.69. The molecule has 0 aliphatic carbocycles. The van der Waals surface area contributed by atoms with Crippen molar-refractivity contribution in [2.24, 2.45) is 10.2 Å². The molecule has 0 saturated heterocycles. The predicted octanol–water partition coefficient (Wildman–Crippen LogP) is 4.63. The molecule has 2 heterocycles. The van der Waals surface area contributed by atoms with Gasteiger partial charge in [-0.05, 0) is 57.2 Å². The van der Waals surface area contributed by atoms with E-state index in [1.165, 1.54) is 0 Å². The van der Waals surface area contributed by atoms with Crippen molar-refractivity contribution >= 4 is 23.1 Å². The van der Waals surface area contributed by atoms with Crippen LogP contribution in [0.1, 0.15) is 30.0 Å². The highest BCUT2D eigenvalue weighted by atomic mass is 16.5. The van der Waals surface area contributed by atoms with E-state index in [1.807, 2.05) is 44.2 Å². The average Bonchev–Trinajstić information content (AvgIpc) is 3.02. The maximum atomic E-state index is 12.3. The zero-order valence-electron chi connectivity index (χ0n) is 15.0. The number of hydrogen-bond donors (Lipinski definition) is 0. The average molecular weight is 352 g/mol. The summed E-state index contributed by atoms with van der Waals surface area (Å²) in [4.78, 5) is 16.6. The molecule has 0 radical (unpaired) electrons. The highest BCUT2D eigenvalue weighted by Crippen LogP contribution is 2.27. The van der Waals surface area contributed by atoms with Gasteiger partial charge < -0.3 is 9.47 Å². The lowest BCUT2D eigenvalue weighted by Crippen LogP contribution is -2.05. The number of nitrogens with zero attached hydrogens (tertiary/aromatic N) is 4. The van der Waals surface area contributed by atoms with Crippen molar-refractivity contribution in [2.75, 3.05) is 13.2 Å². The van der Waals surface area contributed by atoms with E-state index in [2.05, 4.69) is 15.2 Å². The number of imidazole rings is 1. The quantitative estimate of drug-likeness (QED) is 0.478. The van der Waals surface area contributed by atoms with Crippen molar-refractivity contribution in [1.29, 1.82) is 0 Å². The molecule has 0 aliphatic heterocycles. The number of benzene rings is 1. The minimum Gasteiger partial charge on any atom is -0.494 e. The molecule has 0 spiro atoms. The van der Waals surface area contributed by atoms with Gasteiger partial charge in [0.1, 0.15) is 11.4 Å². The van der Waals surface area contributed by atoms with E-state index < -0.39 is 5.97 Å². The van der Waals surface area contributed by atoms with Gasteiger partial charge in [0.2, 0.25) is 0 Å². The molecular weight excluding hydrogens is 332 g/mol. The van der Waals surface area contributed by atoms with Gasteiger partial charge in [-0.25, -0.2) is 9.78 Å². The fourth-order valence-electron chi connectivity index (χ4n) is 2.55. The molecule has 0 atom stereocenters. The summed E-state index contributed by atoms with van der Waals surface area (Å²) in [6.45, 7) is 6.46. The van der Waals surface area contributed by atoms with Crippen LogP contribution in [0.3, 0.4) is 0 Å². The van der Waals surface area contributed by atoms with E-state index in [4.69, 9.17) is 9.47 Å². The van der Waals surface area contributed by atoms with Crippen LogP contribution >= 0.6 is 0 Å². The second kappa shape index (κ2) is 7.77. The standard InChI is InChI=1S/C19H20N4O3/c1-4-25-15-11-9-14(10-12-15)21-22-18-17(19(24)26-5-2)20-16-8-6-7-13(3)23(16)18/h6-12H,4-5H2,1-3H3. The molecular formula is C19H20N4O3. The van der Waals surface area contributed by atoms with Gasteiger partial charge in [-0.3, -0.25) is 4.40 Å². The number of fused-ring (bicyclic) bond motifs is 1. The number of rotatable bonds is 6. The van der Waals surface area contributed by atoms with Crippen LogP contribution in [0.2, 0.25) is 0 Å². The number of aryl methyl sites for hydroxylation is 1. The lowest BCUT2D eigenvalue weighted by atomic mass is 10.3.